The molecule has 5 nitrogen and oxygen atoms in total. The number of ketones is 1. The number of halogens is 1. The molecular formula is C9H12ClNO4. The smallest absolute Gasteiger partial charge is 0.408 e. The third-order valence-corrected chi connectivity index (χ3v) is 2.50. The highest BCUT2D eigenvalue weighted by Crippen LogP contribution is 2.20. The molecule has 1 heterocycles. The standard InChI is InChI=1S/C9H12ClNO4/c1-15-5-7-6(8(12)4-10)2-3-11(7)9(13)14/h2,7H,3-5H2,1H3,(H,13,14)/t7-/m0/s1. The molecule has 0 saturated heterocycles. The van der Waals surface area contributed by atoms with Crippen LogP contribution in [-0.2, 0) is 9.53 Å². The summed E-state index contributed by atoms with van der Waals surface area (Å²) in [7, 11) is 1.46. The van der Waals surface area contributed by atoms with Gasteiger partial charge in [0, 0.05) is 19.2 Å². The van der Waals surface area contributed by atoms with Crippen molar-refractivity contribution in [3.05, 3.63) is 11.6 Å². The minimum Gasteiger partial charge on any atom is -0.465 e. The molecule has 6 heteroatoms. The number of carboxylic acid groups (broad SMARTS) is 1. The van der Waals surface area contributed by atoms with Gasteiger partial charge in [-0.2, -0.15) is 0 Å². The summed E-state index contributed by atoms with van der Waals surface area (Å²) in [6, 6.07) is -0.529. The predicted octanol–water partition coefficient (Wildman–Crippen LogP) is 0.729. The molecule has 0 unspecified atom stereocenters. The van der Waals surface area contributed by atoms with Crippen LogP contribution in [-0.4, -0.2) is 54.1 Å². The number of nitrogens with zero attached hydrogens (tertiary/aromatic N) is 1. The maximum Gasteiger partial charge on any atom is 0.408 e. The number of rotatable bonds is 4. The first-order chi connectivity index (χ1) is 7.11. The number of Topliss-reactive ketones (excluding diaryl/α,β-unsaturated/α-hetero) is 1. The van der Waals surface area contributed by atoms with Crippen molar-refractivity contribution < 1.29 is 19.4 Å². The van der Waals surface area contributed by atoms with Gasteiger partial charge in [-0.3, -0.25) is 9.69 Å². The van der Waals surface area contributed by atoms with Gasteiger partial charge in [-0.15, -0.1) is 11.6 Å². The molecular weight excluding hydrogens is 222 g/mol. The highest BCUT2D eigenvalue weighted by atomic mass is 35.5. The molecule has 1 rings (SSSR count). The molecule has 1 atom stereocenters. The Balaban J connectivity index is 2.81. The summed E-state index contributed by atoms with van der Waals surface area (Å²) in [5.74, 6) is -0.387. The SMILES string of the molecule is COC[C@H]1C(C(=O)CCl)=CCN1C(=O)O. The Bertz CT molecular complexity index is 302. The number of carbonyl (C=O) groups excluding carboxylic acids is 1. The van der Waals surface area contributed by atoms with Gasteiger partial charge in [-0.05, 0) is 0 Å². The molecule has 0 aromatic heterocycles. The molecule has 84 valence electrons. The van der Waals surface area contributed by atoms with Crippen LogP contribution in [0.2, 0.25) is 0 Å². The molecule has 0 saturated carbocycles. The zero-order valence-corrected chi connectivity index (χ0v) is 9.03. The van der Waals surface area contributed by atoms with Gasteiger partial charge in [0.2, 0.25) is 0 Å². The van der Waals surface area contributed by atoms with Crippen molar-refractivity contribution in [2.24, 2.45) is 0 Å². The van der Waals surface area contributed by atoms with Gasteiger partial charge in [0.1, 0.15) is 0 Å². The fraction of sp³-hybridized carbons (Fsp3) is 0.556. The molecule has 1 aliphatic heterocycles. The third kappa shape index (κ3) is 2.49. The molecule has 0 fully saturated rings. The van der Waals surface area contributed by atoms with Crippen LogP contribution in [0.3, 0.4) is 0 Å². The monoisotopic (exact) mass is 233 g/mol. The van der Waals surface area contributed by atoms with Gasteiger partial charge < -0.3 is 9.84 Å². The van der Waals surface area contributed by atoms with Crippen molar-refractivity contribution in [2.45, 2.75) is 6.04 Å². The number of amides is 1. The maximum absolute atomic E-state index is 11.4. The van der Waals surface area contributed by atoms with Gasteiger partial charge in [0.25, 0.3) is 0 Å². The van der Waals surface area contributed by atoms with E-state index in [0.29, 0.717) is 5.57 Å². The van der Waals surface area contributed by atoms with Crippen molar-refractivity contribution in [3.8, 4) is 0 Å². The van der Waals surface area contributed by atoms with Crippen LogP contribution < -0.4 is 0 Å². The maximum atomic E-state index is 11.4. The van der Waals surface area contributed by atoms with Crippen molar-refractivity contribution in [3.63, 3.8) is 0 Å². The van der Waals surface area contributed by atoms with E-state index in [2.05, 4.69) is 0 Å². The highest BCUT2D eigenvalue weighted by Gasteiger charge is 2.33. The van der Waals surface area contributed by atoms with Crippen molar-refractivity contribution >= 4 is 23.5 Å². The molecule has 0 aromatic rings. The van der Waals surface area contributed by atoms with E-state index in [1.165, 1.54) is 7.11 Å². The van der Waals surface area contributed by atoms with Crippen molar-refractivity contribution in [2.75, 3.05) is 26.1 Å². The normalized spacial score (nSPS) is 20.3. The van der Waals surface area contributed by atoms with Crippen molar-refractivity contribution in [1.82, 2.24) is 4.90 Å². The fourth-order valence-corrected chi connectivity index (χ4v) is 1.71. The van der Waals surface area contributed by atoms with Crippen LogP contribution >= 0.6 is 11.6 Å². The number of ether oxygens (including phenoxy) is 1. The molecule has 0 bridgehead atoms. The van der Waals surface area contributed by atoms with Gasteiger partial charge in [-0.1, -0.05) is 6.08 Å². The van der Waals surface area contributed by atoms with Crippen LogP contribution in [0.15, 0.2) is 11.6 Å². The average molecular weight is 234 g/mol. The summed E-state index contributed by atoms with van der Waals surface area (Å²) in [4.78, 5) is 23.4. The Kier molecular flexibility index (Phi) is 4.11. The molecule has 1 aliphatic rings. The van der Waals surface area contributed by atoms with Gasteiger partial charge in [0.15, 0.2) is 5.78 Å². The number of carbonyl (C=O) groups is 2. The zero-order chi connectivity index (χ0) is 11.4. The van der Waals surface area contributed by atoms with Crippen LogP contribution in [0.5, 0.6) is 0 Å². The molecule has 0 radical (unpaired) electrons. The largest absolute Gasteiger partial charge is 0.465 e. The zero-order valence-electron chi connectivity index (χ0n) is 8.27. The Hall–Kier alpha value is -1.07. The lowest BCUT2D eigenvalue weighted by Gasteiger charge is -2.22. The first-order valence-corrected chi connectivity index (χ1v) is 4.93. The number of methoxy groups -OCH3 is 1. The minimum atomic E-state index is -1.06. The molecule has 0 aromatic carbocycles. The van der Waals surface area contributed by atoms with Gasteiger partial charge in [0.05, 0.1) is 18.5 Å². The van der Waals surface area contributed by atoms with E-state index in [0.717, 1.165) is 4.90 Å². The van der Waals surface area contributed by atoms with E-state index in [1.54, 1.807) is 6.08 Å². The lowest BCUT2D eigenvalue weighted by Crippen LogP contribution is -2.40. The van der Waals surface area contributed by atoms with E-state index >= 15 is 0 Å². The first-order valence-electron chi connectivity index (χ1n) is 4.39. The number of alkyl halides is 1. The Morgan fingerprint density at radius 2 is 2.40 bits per heavy atom. The summed E-state index contributed by atoms with van der Waals surface area (Å²) in [5, 5.41) is 8.88. The average Bonchev–Trinajstić information content (AvgIpc) is 2.61. The Labute approximate surface area is 92.3 Å². The van der Waals surface area contributed by atoms with Crippen LogP contribution in [0.1, 0.15) is 0 Å². The van der Waals surface area contributed by atoms with Crippen LogP contribution in [0, 0.1) is 0 Å². The van der Waals surface area contributed by atoms with Gasteiger partial charge in [-0.25, -0.2) is 4.79 Å². The number of hydrogen-bond donors (Lipinski definition) is 1. The van der Waals surface area contributed by atoms with E-state index in [9.17, 15) is 9.59 Å². The molecule has 0 spiro atoms. The highest BCUT2D eigenvalue weighted by molar-refractivity contribution is 6.30. The molecule has 0 aliphatic carbocycles. The fourth-order valence-electron chi connectivity index (χ4n) is 1.55. The molecule has 1 N–H and O–H groups in total. The Morgan fingerprint density at radius 3 is 2.87 bits per heavy atom. The summed E-state index contributed by atoms with van der Waals surface area (Å²) in [6.45, 7) is 0.377. The second-order valence-electron chi connectivity index (χ2n) is 3.12. The van der Waals surface area contributed by atoms with Crippen molar-refractivity contribution in [1.29, 1.82) is 0 Å². The van der Waals surface area contributed by atoms with Crippen LogP contribution in [0.25, 0.3) is 0 Å². The lowest BCUT2D eigenvalue weighted by molar-refractivity contribution is -0.113. The molecule has 1 amide bonds. The van der Waals surface area contributed by atoms with E-state index < -0.39 is 12.1 Å². The quantitative estimate of drug-likeness (QED) is 0.727. The second kappa shape index (κ2) is 5.14. The topological polar surface area (TPSA) is 66.8 Å². The van der Waals surface area contributed by atoms with Gasteiger partial charge >= 0.3 is 6.09 Å². The second-order valence-corrected chi connectivity index (χ2v) is 3.39. The number of hydrogen-bond acceptors (Lipinski definition) is 3. The molecule has 15 heavy (non-hydrogen) atoms. The van der Waals surface area contributed by atoms with Crippen LogP contribution in [0.4, 0.5) is 4.79 Å². The lowest BCUT2D eigenvalue weighted by atomic mass is 10.1. The summed E-state index contributed by atoms with van der Waals surface area (Å²) in [5.41, 5.74) is 0.425. The minimum absolute atomic E-state index is 0.139. The third-order valence-electron chi connectivity index (χ3n) is 2.26. The van der Waals surface area contributed by atoms with E-state index in [1.807, 2.05) is 0 Å². The Morgan fingerprint density at radius 1 is 1.73 bits per heavy atom. The van der Waals surface area contributed by atoms with E-state index in [4.69, 9.17) is 21.4 Å². The van der Waals surface area contributed by atoms with E-state index in [-0.39, 0.29) is 24.8 Å². The summed E-state index contributed by atoms with van der Waals surface area (Å²) >= 11 is 5.43. The summed E-state index contributed by atoms with van der Waals surface area (Å²) in [6.07, 6.45) is 0.522. The summed E-state index contributed by atoms with van der Waals surface area (Å²) < 4.78 is 4.89. The predicted molar refractivity (Wildman–Crippen MR) is 54.2 cm³/mol. The first kappa shape index (κ1) is 12.0.